The SMILES string of the molecule is CCn1c(CN2CCCCCC2=O)nnc1S[C@@H](C)C(=O)Nc1ccc2ccccc2c1. The Morgan fingerprint density at radius 3 is 2.75 bits per heavy atom. The number of nitrogens with one attached hydrogen (secondary N) is 1. The number of nitrogens with zero attached hydrogens (tertiary/aromatic N) is 4. The standard InChI is InChI=1S/C24H29N5O2S/c1-3-29-21(16-28-14-8-4-5-11-22(28)30)26-27-24(29)32-17(2)23(31)25-20-13-12-18-9-6-7-10-19(18)15-20/h6-7,9-10,12-13,15,17H,3-5,8,11,14,16H2,1-2H3,(H,25,31)/t17-/m0/s1. The monoisotopic (exact) mass is 451 g/mol. The first-order chi connectivity index (χ1) is 15.5. The predicted octanol–water partition coefficient (Wildman–Crippen LogP) is 4.47. The number of amides is 2. The van der Waals surface area contributed by atoms with E-state index in [1.807, 2.05) is 65.8 Å². The lowest BCUT2D eigenvalue weighted by Gasteiger charge is -2.20. The van der Waals surface area contributed by atoms with Crippen molar-refractivity contribution in [2.75, 3.05) is 11.9 Å². The van der Waals surface area contributed by atoms with Crippen LogP contribution in [-0.4, -0.2) is 43.3 Å². The minimum absolute atomic E-state index is 0.0832. The second-order valence-electron chi connectivity index (χ2n) is 8.08. The molecule has 0 bridgehead atoms. The van der Waals surface area contributed by atoms with Gasteiger partial charge in [-0.2, -0.15) is 0 Å². The van der Waals surface area contributed by atoms with Crippen LogP contribution in [0.4, 0.5) is 5.69 Å². The van der Waals surface area contributed by atoms with Crippen molar-refractivity contribution in [3.63, 3.8) is 0 Å². The first-order valence-corrected chi connectivity index (χ1v) is 12.1. The van der Waals surface area contributed by atoms with Crippen LogP contribution in [0.25, 0.3) is 10.8 Å². The number of aromatic nitrogens is 3. The summed E-state index contributed by atoms with van der Waals surface area (Å²) >= 11 is 1.39. The van der Waals surface area contributed by atoms with E-state index in [0.717, 1.165) is 48.1 Å². The Kier molecular flexibility index (Phi) is 7.09. The average molecular weight is 452 g/mol. The van der Waals surface area contributed by atoms with E-state index in [1.54, 1.807) is 0 Å². The Morgan fingerprint density at radius 2 is 1.94 bits per heavy atom. The number of hydrogen-bond acceptors (Lipinski definition) is 5. The van der Waals surface area contributed by atoms with E-state index in [1.165, 1.54) is 11.8 Å². The first-order valence-electron chi connectivity index (χ1n) is 11.2. The molecule has 0 spiro atoms. The van der Waals surface area contributed by atoms with Gasteiger partial charge in [-0.05, 0) is 49.6 Å². The van der Waals surface area contributed by atoms with Crippen LogP contribution in [-0.2, 0) is 22.7 Å². The van der Waals surface area contributed by atoms with E-state index < -0.39 is 0 Å². The number of anilines is 1. The van der Waals surface area contributed by atoms with Gasteiger partial charge in [-0.3, -0.25) is 9.59 Å². The number of rotatable bonds is 7. The molecule has 32 heavy (non-hydrogen) atoms. The van der Waals surface area contributed by atoms with E-state index in [2.05, 4.69) is 15.5 Å². The highest BCUT2D eigenvalue weighted by molar-refractivity contribution is 8.00. The molecule has 2 amide bonds. The summed E-state index contributed by atoms with van der Waals surface area (Å²) in [5.74, 6) is 0.873. The van der Waals surface area contributed by atoms with Gasteiger partial charge < -0.3 is 14.8 Å². The second-order valence-corrected chi connectivity index (χ2v) is 9.39. The van der Waals surface area contributed by atoms with Crippen molar-refractivity contribution in [3.8, 4) is 0 Å². The molecule has 1 aliphatic heterocycles. The van der Waals surface area contributed by atoms with Crippen molar-refractivity contribution in [1.82, 2.24) is 19.7 Å². The zero-order chi connectivity index (χ0) is 22.5. The van der Waals surface area contributed by atoms with Gasteiger partial charge in [0.1, 0.15) is 0 Å². The Hall–Kier alpha value is -2.87. The summed E-state index contributed by atoms with van der Waals surface area (Å²) in [6, 6.07) is 14.0. The lowest BCUT2D eigenvalue weighted by Crippen LogP contribution is -2.31. The molecule has 0 unspecified atom stereocenters. The Balaban J connectivity index is 1.42. The molecule has 4 rings (SSSR count). The molecular weight excluding hydrogens is 422 g/mol. The van der Waals surface area contributed by atoms with E-state index in [0.29, 0.717) is 24.7 Å². The molecular formula is C24H29N5O2S. The fourth-order valence-corrected chi connectivity index (χ4v) is 4.87. The molecule has 0 saturated carbocycles. The van der Waals surface area contributed by atoms with Crippen molar-refractivity contribution in [2.24, 2.45) is 0 Å². The zero-order valence-corrected chi connectivity index (χ0v) is 19.4. The number of carbonyl (C=O) groups excluding carboxylic acids is 2. The number of carbonyl (C=O) groups is 2. The van der Waals surface area contributed by atoms with Gasteiger partial charge in [0.2, 0.25) is 11.8 Å². The molecule has 168 valence electrons. The van der Waals surface area contributed by atoms with Crippen LogP contribution in [0.3, 0.4) is 0 Å². The van der Waals surface area contributed by atoms with Crippen molar-refractivity contribution in [2.45, 2.75) is 63.0 Å². The summed E-state index contributed by atoms with van der Waals surface area (Å²) in [7, 11) is 0. The number of benzene rings is 2. The number of fused-ring (bicyclic) bond motifs is 1. The lowest BCUT2D eigenvalue weighted by atomic mass is 10.1. The fraction of sp³-hybridized carbons (Fsp3) is 0.417. The zero-order valence-electron chi connectivity index (χ0n) is 18.6. The van der Waals surface area contributed by atoms with Crippen LogP contribution >= 0.6 is 11.8 Å². The summed E-state index contributed by atoms with van der Waals surface area (Å²) < 4.78 is 2.00. The van der Waals surface area contributed by atoms with Crippen molar-refractivity contribution in [1.29, 1.82) is 0 Å². The van der Waals surface area contributed by atoms with E-state index in [9.17, 15) is 9.59 Å². The Morgan fingerprint density at radius 1 is 1.12 bits per heavy atom. The predicted molar refractivity (Wildman–Crippen MR) is 127 cm³/mol. The highest BCUT2D eigenvalue weighted by atomic mass is 32.2. The lowest BCUT2D eigenvalue weighted by molar-refractivity contribution is -0.131. The molecule has 1 atom stereocenters. The molecule has 0 radical (unpaired) electrons. The van der Waals surface area contributed by atoms with Crippen LogP contribution < -0.4 is 5.32 Å². The normalized spacial score (nSPS) is 15.6. The molecule has 1 N–H and O–H groups in total. The summed E-state index contributed by atoms with van der Waals surface area (Å²) in [4.78, 5) is 27.1. The summed E-state index contributed by atoms with van der Waals surface area (Å²) in [5.41, 5.74) is 0.776. The molecule has 1 saturated heterocycles. The molecule has 2 heterocycles. The first kappa shape index (κ1) is 22.3. The third-order valence-electron chi connectivity index (χ3n) is 5.78. The number of hydrogen-bond donors (Lipinski definition) is 1. The molecule has 1 aromatic heterocycles. The van der Waals surface area contributed by atoms with Gasteiger partial charge in [0.05, 0.1) is 11.8 Å². The van der Waals surface area contributed by atoms with Crippen LogP contribution in [0, 0.1) is 0 Å². The maximum Gasteiger partial charge on any atom is 0.237 e. The van der Waals surface area contributed by atoms with Crippen molar-refractivity contribution >= 4 is 40.0 Å². The Bertz CT molecular complexity index is 1110. The summed E-state index contributed by atoms with van der Waals surface area (Å²) in [6.07, 6.45) is 3.68. The van der Waals surface area contributed by atoms with Gasteiger partial charge in [-0.1, -0.05) is 48.5 Å². The number of thioether (sulfide) groups is 1. The van der Waals surface area contributed by atoms with Gasteiger partial charge in [0.15, 0.2) is 11.0 Å². The minimum atomic E-state index is -0.344. The largest absolute Gasteiger partial charge is 0.335 e. The van der Waals surface area contributed by atoms with E-state index in [4.69, 9.17) is 0 Å². The van der Waals surface area contributed by atoms with Gasteiger partial charge in [0, 0.05) is 25.2 Å². The van der Waals surface area contributed by atoms with Crippen LogP contribution in [0.5, 0.6) is 0 Å². The maximum atomic E-state index is 12.8. The second kappa shape index (κ2) is 10.2. The van der Waals surface area contributed by atoms with Crippen LogP contribution in [0.1, 0.15) is 45.4 Å². The minimum Gasteiger partial charge on any atom is -0.335 e. The molecule has 1 fully saturated rings. The third-order valence-corrected chi connectivity index (χ3v) is 6.86. The van der Waals surface area contributed by atoms with Crippen LogP contribution in [0.15, 0.2) is 47.6 Å². The van der Waals surface area contributed by atoms with Crippen molar-refractivity contribution < 1.29 is 9.59 Å². The molecule has 0 aliphatic carbocycles. The smallest absolute Gasteiger partial charge is 0.237 e. The van der Waals surface area contributed by atoms with Crippen molar-refractivity contribution in [3.05, 3.63) is 48.3 Å². The van der Waals surface area contributed by atoms with E-state index >= 15 is 0 Å². The van der Waals surface area contributed by atoms with E-state index in [-0.39, 0.29) is 17.1 Å². The van der Waals surface area contributed by atoms with Gasteiger partial charge >= 0.3 is 0 Å². The molecule has 8 heteroatoms. The average Bonchev–Trinajstić information content (AvgIpc) is 3.06. The fourth-order valence-electron chi connectivity index (χ4n) is 3.94. The quantitative estimate of drug-likeness (QED) is 0.536. The highest BCUT2D eigenvalue weighted by Gasteiger charge is 2.23. The third kappa shape index (κ3) is 5.12. The maximum absolute atomic E-state index is 12.8. The van der Waals surface area contributed by atoms with Crippen LogP contribution in [0.2, 0.25) is 0 Å². The molecule has 2 aromatic carbocycles. The number of likely N-dealkylation sites (tertiary alicyclic amines) is 1. The molecule has 3 aromatic rings. The molecule has 7 nitrogen and oxygen atoms in total. The molecule has 1 aliphatic rings. The van der Waals surface area contributed by atoms with Gasteiger partial charge in [-0.25, -0.2) is 0 Å². The topological polar surface area (TPSA) is 80.1 Å². The van der Waals surface area contributed by atoms with Gasteiger partial charge in [-0.15, -0.1) is 10.2 Å². The van der Waals surface area contributed by atoms with Gasteiger partial charge in [0.25, 0.3) is 0 Å². The summed E-state index contributed by atoms with van der Waals surface area (Å²) in [6.45, 7) is 5.82. The Labute approximate surface area is 192 Å². The summed E-state index contributed by atoms with van der Waals surface area (Å²) in [5, 5.41) is 14.3. The highest BCUT2D eigenvalue weighted by Crippen LogP contribution is 2.25.